The largest absolute Gasteiger partial charge is 0.484 e. The highest BCUT2D eigenvalue weighted by Gasteiger charge is 2.31. The quantitative estimate of drug-likeness (QED) is 0.694. The number of imidazole rings is 1. The Morgan fingerprint density at radius 1 is 1.32 bits per heavy atom. The second kappa shape index (κ2) is 7.14. The van der Waals surface area contributed by atoms with Gasteiger partial charge in [-0.15, -0.1) is 0 Å². The normalized spacial score (nSPS) is 11.9. The van der Waals surface area contributed by atoms with Crippen molar-refractivity contribution in [1.82, 2.24) is 4.98 Å². The highest BCUT2D eigenvalue weighted by molar-refractivity contribution is 6.35. The summed E-state index contributed by atoms with van der Waals surface area (Å²) in [7, 11) is 1.81. The van der Waals surface area contributed by atoms with Crippen molar-refractivity contribution < 1.29 is 14.1 Å². The lowest BCUT2D eigenvalue weighted by Crippen LogP contribution is -2.36. The number of hydrogen-bond acceptors (Lipinski definition) is 3. The number of rotatable bonds is 5. The first-order valence-electron chi connectivity index (χ1n) is 7.48. The summed E-state index contributed by atoms with van der Waals surface area (Å²) in [5, 5.41) is 10.3. The van der Waals surface area contributed by atoms with Gasteiger partial charge in [0.1, 0.15) is 12.4 Å². The monoisotopic (exact) mass is 374 g/mol. The highest BCUT2D eigenvalue weighted by Crippen LogP contribution is 2.27. The minimum atomic E-state index is -0.969. The van der Waals surface area contributed by atoms with E-state index < -0.39 is 5.92 Å². The molecule has 1 aromatic heterocycles. The Kier molecular flexibility index (Phi) is 4.93. The zero-order valence-electron chi connectivity index (χ0n) is 13.3. The Morgan fingerprint density at radius 2 is 2.08 bits per heavy atom. The number of carbonyl (C=O) groups is 1. The lowest BCUT2D eigenvalue weighted by atomic mass is 10.1. The van der Waals surface area contributed by atoms with Gasteiger partial charge < -0.3 is 4.74 Å². The molecule has 3 aromatic rings. The third kappa shape index (κ3) is 3.46. The number of aromatic amines is 1. The zero-order valence-corrected chi connectivity index (χ0v) is 14.8. The molecule has 126 valence electrons. The first-order chi connectivity index (χ1) is 12.0. The molecule has 1 heterocycles. The molecule has 25 heavy (non-hydrogen) atoms. The molecule has 1 atom stereocenters. The van der Waals surface area contributed by atoms with Gasteiger partial charge in [-0.2, -0.15) is 5.26 Å². The average molecular weight is 375 g/mol. The molecule has 0 saturated carbocycles. The van der Waals surface area contributed by atoms with Gasteiger partial charge in [0.25, 0.3) is 5.82 Å². The molecule has 0 amide bonds. The Morgan fingerprint density at radius 3 is 2.76 bits per heavy atom. The fourth-order valence-corrected chi connectivity index (χ4v) is 3.06. The Balaban J connectivity index is 1.81. The number of aromatic nitrogens is 2. The summed E-state index contributed by atoms with van der Waals surface area (Å²) in [6.45, 7) is -0.269. The molecular weight excluding hydrogens is 361 g/mol. The molecule has 1 unspecified atom stereocenters. The third-order valence-electron chi connectivity index (χ3n) is 3.88. The van der Waals surface area contributed by atoms with E-state index in [4.69, 9.17) is 27.9 Å². The van der Waals surface area contributed by atoms with Crippen molar-refractivity contribution in [1.29, 1.82) is 5.26 Å². The van der Waals surface area contributed by atoms with Crippen LogP contribution in [-0.2, 0) is 11.8 Å². The molecule has 3 rings (SSSR count). The minimum Gasteiger partial charge on any atom is -0.484 e. The van der Waals surface area contributed by atoms with Crippen LogP contribution in [-0.4, -0.2) is 17.4 Å². The van der Waals surface area contributed by atoms with Crippen molar-refractivity contribution in [2.75, 3.05) is 6.61 Å². The molecule has 0 aliphatic heterocycles. The highest BCUT2D eigenvalue weighted by atomic mass is 35.5. The van der Waals surface area contributed by atoms with E-state index in [0.29, 0.717) is 21.6 Å². The number of halogens is 2. The predicted octanol–water partition coefficient (Wildman–Crippen LogP) is 3.55. The predicted molar refractivity (Wildman–Crippen MR) is 94.8 cm³/mol. The summed E-state index contributed by atoms with van der Waals surface area (Å²) < 4.78 is 7.26. The Hall–Kier alpha value is -2.55. The van der Waals surface area contributed by atoms with E-state index in [1.54, 1.807) is 16.7 Å². The molecule has 0 radical (unpaired) electrons. The molecule has 0 spiro atoms. The van der Waals surface area contributed by atoms with Crippen LogP contribution >= 0.6 is 23.2 Å². The number of fused-ring (bicyclic) bond motifs is 1. The first kappa shape index (κ1) is 17.3. The van der Waals surface area contributed by atoms with Crippen LogP contribution in [0, 0.1) is 11.3 Å². The second-order valence-electron chi connectivity index (χ2n) is 5.48. The molecule has 0 bridgehead atoms. The Bertz CT molecular complexity index is 992. The number of nitriles is 1. The molecule has 0 aliphatic rings. The summed E-state index contributed by atoms with van der Waals surface area (Å²) in [5.41, 5.74) is 1.77. The van der Waals surface area contributed by atoms with Gasteiger partial charge in [0.15, 0.2) is 16.8 Å². The molecular formula is C18H14Cl2N3O2+. The molecule has 1 N–H and O–H groups in total. The lowest BCUT2D eigenvalue weighted by molar-refractivity contribution is -0.652. The molecule has 2 aromatic carbocycles. The molecule has 0 fully saturated rings. The number of hydrogen-bond donors (Lipinski definition) is 1. The molecule has 7 heteroatoms. The van der Waals surface area contributed by atoms with Crippen molar-refractivity contribution in [3.8, 4) is 11.8 Å². The van der Waals surface area contributed by atoms with E-state index in [2.05, 4.69) is 4.98 Å². The summed E-state index contributed by atoms with van der Waals surface area (Å²) >= 11 is 11.9. The maximum Gasteiger partial charge on any atom is 0.280 e. The number of nitrogens with zero attached hydrogens (tertiary/aromatic N) is 2. The van der Waals surface area contributed by atoms with Crippen LogP contribution < -0.4 is 9.30 Å². The smallest absolute Gasteiger partial charge is 0.280 e. The van der Waals surface area contributed by atoms with Crippen molar-refractivity contribution >= 4 is 40.0 Å². The number of nitrogens with one attached hydrogen (secondary N) is 1. The number of ether oxygens (including phenoxy) is 1. The van der Waals surface area contributed by atoms with Crippen LogP contribution in [0.15, 0.2) is 42.5 Å². The number of ketones is 1. The van der Waals surface area contributed by atoms with E-state index in [1.807, 2.05) is 37.4 Å². The maximum absolute atomic E-state index is 12.5. The number of H-pyrrole nitrogens is 1. The van der Waals surface area contributed by atoms with E-state index >= 15 is 0 Å². The number of aryl methyl sites for hydroxylation is 1. The van der Waals surface area contributed by atoms with E-state index in [9.17, 15) is 10.1 Å². The lowest BCUT2D eigenvalue weighted by Gasteiger charge is -2.09. The van der Waals surface area contributed by atoms with Crippen molar-refractivity contribution in [3.63, 3.8) is 0 Å². The fraction of sp³-hybridized carbons (Fsp3) is 0.167. The van der Waals surface area contributed by atoms with E-state index in [0.717, 1.165) is 11.0 Å². The van der Waals surface area contributed by atoms with E-state index in [-0.39, 0.29) is 12.4 Å². The van der Waals surface area contributed by atoms with Crippen LogP contribution in [0.3, 0.4) is 0 Å². The summed E-state index contributed by atoms with van der Waals surface area (Å²) in [4.78, 5) is 15.6. The number of Topliss-reactive ketones (excluding diaryl/α,β-unsaturated/α-hetero) is 1. The fourth-order valence-electron chi connectivity index (χ4n) is 2.60. The van der Waals surface area contributed by atoms with Crippen molar-refractivity contribution in [2.24, 2.45) is 7.05 Å². The number of benzene rings is 2. The van der Waals surface area contributed by atoms with E-state index in [1.165, 1.54) is 6.07 Å². The zero-order chi connectivity index (χ0) is 18.0. The van der Waals surface area contributed by atoms with Gasteiger partial charge in [-0.05, 0) is 30.3 Å². The summed E-state index contributed by atoms with van der Waals surface area (Å²) in [5.74, 6) is -0.476. The van der Waals surface area contributed by atoms with Gasteiger partial charge in [0.05, 0.1) is 18.1 Å². The maximum atomic E-state index is 12.5. The number of carbonyl (C=O) groups excluding carboxylic acids is 1. The van der Waals surface area contributed by atoms with Crippen LogP contribution in [0.4, 0.5) is 0 Å². The van der Waals surface area contributed by atoms with Crippen LogP contribution in [0.2, 0.25) is 10.0 Å². The van der Waals surface area contributed by atoms with Crippen LogP contribution in [0.1, 0.15) is 11.7 Å². The van der Waals surface area contributed by atoms with Crippen molar-refractivity contribution in [3.05, 3.63) is 58.3 Å². The molecule has 5 nitrogen and oxygen atoms in total. The van der Waals surface area contributed by atoms with Gasteiger partial charge in [-0.1, -0.05) is 35.3 Å². The van der Waals surface area contributed by atoms with Crippen LogP contribution in [0.25, 0.3) is 11.0 Å². The van der Waals surface area contributed by atoms with Gasteiger partial charge in [-0.25, -0.2) is 9.55 Å². The molecule has 0 saturated heterocycles. The van der Waals surface area contributed by atoms with Gasteiger partial charge in [0.2, 0.25) is 5.92 Å². The van der Waals surface area contributed by atoms with Gasteiger partial charge in [0, 0.05) is 5.02 Å². The second-order valence-corrected chi connectivity index (χ2v) is 6.32. The average Bonchev–Trinajstić information content (AvgIpc) is 2.92. The molecule has 0 aliphatic carbocycles. The summed E-state index contributed by atoms with van der Waals surface area (Å²) in [6.07, 6.45) is 0. The standard InChI is InChI=1S/C18H13Cl2N3O2/c1-23-15-5-3-2-4-14(15)22-18(23)12(9-21)16(24)10-25-17-7-6-11(19)8-13(17)20/h2-8,12H,10H2,1H3/p+1. The topological polar surface area (TPSA) is 69.8 Å². The van der Waals surface area contributed by atoms with Gasteiger partial charge in [-0.3, -0.25) is 4.79 Å². The third-order valence-corrected chi connectivity index (χ3v) is 4.41. The Labute approximate surface area is 154 Å². The van der Waals surface area contributed by atoms with Crippen molar-refractivity contribution in [2.45, 2.75) is 5.92 Å². The van der Waals surface area contributed by atoms with Gasteiger partial charge >= 0.3 is 0 Å². The SMILES string of the molecule is C[n+]1c(C(C#N)C(=O)COc2ccc(Cl)cc2Cl)[nH]c2ccccc21. The minimum absolute atomic E-state index is 0.269. The number of para-hydroxylation sites is 2. The van der Waals surface area contributed by atoms with Crippen LogP contribution in [0.5, 0.6) is 5.75 Å². The first-order valence-corrected chi connectivity index (χ1v) is 8.23. The summed E-state index contributed by atoms with van der Waals surface area (Å²) in [6, 6.07) is 14.4.